The van der Waals surface area contributed by atoms with Crippen molar-refractivity contribution < 1.29 is 18.1 Å². The van der Waals surface area contributed by atoms with E-state index in [1.165, 1.54) is 34.8 Å². The number of allylic oxidation sites excluding steroid dienone is 4. The van der Waals surface area contributed by atoms with E-state index >= 15 is 0 Å². The van der Waals surface area contributed by atoms with Crippen LogP contribution in [0.2, 0.25) is 0 Å². The number of hydrogen-bond donors (Lipinski definition) is 0. The molecule has 1 saturated heterocycles. The molecule has 28 heavy (non-hydrogen) atoms. The van der Waals surface area contributed by atoms with Crippen LogP contribution in [0.1, 0.15) is 5.56 Å². The van der Waals surface area contributed by atoms with E-state index in [0.29, 0.717) is 30.2 Å². The molecule has 1 fully saturated rings. The average Bonchev–Trinajstić information content (AvgIpc) is 2.70. The van der Waals surface area contributed by atoms with Gasteiger partial charge < -0.3 is 4.74 Å². The zero-order valence-corrected chi connectivity index (χ0v) is 15.5. The van der Waals surface area contributed by atoms with Gasteiger partial charge >= 0.3 is 10.2 Å². The first-order chi connectivity index (χ1) is 13.4. The summed E-state index contributed by atoms with van der Waals surface area (Å²) in [5.74, 6) is 0. The van der Waals surface area contributed by atoms with Gasteiger partial charge in [-0.05, 0) is 42.0 Å². The van der Waals surface area contributed by atoms with Crippen LogP contribution in [0.25, 0.3) is 0 Å². The summed E-state index contributed by atoms with van der Waals surface area (Å²) < 4.78 is 34.7. The average molecular weight is 403 g/mol. The largest absolute Gasteiger partial charge is 0.379 e. The number of hydrogen-bond acceptors (Lipinski definition) is 7. The van der Waals surface area contributed by atoms with Crippen LogP contribution in [-0.2, 0) is 14.9 Å². The molecule has 0 bridgehead atoms. The monoisotopic (exact) mass is 403 g/mol. The Balaban J connectivity index is 1.63. The van der Waals surface area contributed by atoms with Gasteiger partial charge in [0.25, 0.3) is 5.69 Å². The summed E-state index contributed by atoms with van der Waals surface area (Å²) in [6.45, 7) is 1.30. The lowest BCUT2D eigenvalue weighted by Gasteiger charge is -2.23. The molecule has 1 aromatic carbocycles. The van der Waals surface area contributed by atoms with Crippen LogP contribution in [0.4, 0.5) is 5.69 Å². The highest BCUT2D eigenvalue weighted by atomic mass is 32.2. The van der Waals surface area contributed by atoms with E-state index < -0.39 is 15.1 Å². The predicted molar refractivity (Wildman–Crippen MR) is 105 cm³/mol. The van der Waals surface area contributed by atoms with Gasteiger partial charge in [-0.25, -0.2) is 0 Å². The van der Waals surface area contributed by atoms with Gasteiger partial charge in [-0.15, -0.1) is 0 Å². The molecule has 11 heteroatoms. The molecule has 0 aromatic heterocycles. The molecule has 146 valence electrons. The molecule has 1 aromatic rings. The van der Waals surface area contributed by atoms with Crippen molar-refractivity contribution >= 4 is 33.5 Å². The smallest absolute Gasteiger partial charge is 0.323 e. The third-order valence-electron chi connectivity index (χ3n) is 3.85. The van der Waals surface area contributed by atoms with Gasteiger partial charge in [0.1, 0.15) is 0 Å². The van der Waals surface area contributed by atoms with Crippen LogP contribution in [0, 0.1) is 10.1 Å². The number of morpholine rings is 1. The van der Waals surface area contributed by atoms with Crippen molar-refractivity contribution in [3.63, 3.8) is 0 Å². The maximum Gasteiger partial charge on any atom is 0.323 e. The van der Waals surface area contributed by atoms with Gasteiger partial charge in [0.2, 0.25) is 0 Å². The van der Waals surface area contributed by atoms with Crippen LogP contribution < -0.4 is 0 Å². The molecule has 1 aliphatic carbocycles. The van der Waals surface area contributed by atoms with Gasteiger partial charge in [-0.3, -0.25) is 10.1 Å². The minimum absolute atomic E-state index is 0.000425. The Morgan fingerprint density at radius 2 is 1.64 bits per heavy atom. The van der Waals surface area contributed by atoms with E-state index in [2.05, 4.69) is 14.6 Å². The SMILES string of the molecule is O=[N+]([O-])c1ccc(/C=N/N=C2C=CC(=NS(=O)(=O)N3CCOCC3)C=C2)cc1. The molecule has 0 atom stereocenters. The Kier molecular flexibility index (Phi) is 6.19. The number of non-ortho nitro benzene ring substituents is 1. The summed E-state index contributed by atoms with van der Waals surface area (Å²) in [6.07, 6.45) is 7.74. The highest BCUT2D eigenvalue weighted by molar-refractivity contribution is 7.88. The first-order valence-electron chi connectivity index (χ1n) is 8.33. The van der Waals surface area contributed by atoms with E-state index in [-0.39, 0.29) is 18.8 Å². The standard InChI is InChI=1S/C17H17N5O5S/c23-22(24)17-7-1-14(2-8-17)13-18-19-15-3-5-16(6-4-15)20-28(25,26)21-9-11-27-12-10-21/h1-8,13H,9-12H2/b18-13+,19-15?,20-16?. The molecule has 0 radical (unpaired) electrons. The van der Waals surface area contributed by atoms with E-state index in [4.69, 9.17) is 4.74 Å². The zero-order valence-electron chi connectivity index (χ0n) is 14.7. The fourth-order valence-electron chi connectivity index (χ4n) is 2.39. The summed E-state index contributed by atoms with van der Waals surface area (Å²) in [5, 5.41) is 18.5. The van der Waals surface area contributed by atoms with Crippen molar-refractivity contribution in [2.24, 2.45) is 14.6 Å². The van der Waals surface area contributed by atoms with Crippen molar-refractivity contribution in [3.8, 4) is 0 Å². The molecule has 1 aliphatic heterocycles. The molecule has 0 unspecified atom stereocenters. The van der Waals surface area contributed by atoms with Crippen molar-refractivity contribution in [2.75, 3.05) is 26.3 Å². The quantitative estimate of drug-likeness (QED) is 0.319. The topological polar surface area (TPSA) is 127 Å². The van der Waals surface area contributed by atoms with Crippen molar-refractivity contribution in [1.82, 2.24) is 4.31 Å². The second-order valence-corrected chi connectivity index (χ2v) is 7.38. The third kappa shape index (κ3) is 5.25. The van der Waals surface area contributed by atoms with Gasteiger partial charge in [-0.2, -0.15) is 27.3 Å². The molecule has 0 saturated carbocycles. The summed E-state index contributed by atoms with van der Waals surface area (Å²) in [5.41, 5.74) is 1.48. The summed E-state index contributed by atoms with van der Waals surface area (Å²) in [7, 11) is -3.74. The number of nitro groups is 1. The van der Waals surface area contributed by atoms with Crippen LogP contribution in [0.5, 0.6) is 0 Å². The van der Waals surface area contributed by atoms with Crippen molar-refractivity contribution in [1.29, 1.82) is 0 Å². The summed E-state index contributed by atoms with van der Waals surface area (Å²) >= 11 is 0. The fourth-order valence-corrected chi connectivity index (χ4v) is 3.51. The molecule has 2 aliphatic rings. The molecule has 0 amide bonds. The normalized spacial score (nSPS) is 17.9. The highest BCUT2D eigenvalue weighted by Gasteiger charge is 2.23. The number of ether oxygens (including phenoxy) is 1. The highest BCUT2D eigenvalue weighted by Crippen LogP contribution is 2.11. The molecule has 1 heterocycles. The molecular formula is C17H17N5O5S. The first kappa shape index (κ1) is 19.7. The fraction of sp³-hybridized carbons (Fsp3) is 0.235. The van der Waals surface area contributed by atoms with Crippen molar-refractivity contribution in [2.45, 2.75) is 0 Å². The van der Waals surface area contributed by atoms with Gasteiger partial charge in [0.15, 0.2) is 0 Å². The minimum atomic E-state index is -3.74. The number of rotatable bonds is 5. The molecule has 3 rings (SSSR count). The summed E-state index contributed by atoms with van der Waals surface area (Å²) in [6, 6.07) is 5.89. The van der Waals surface area contributed by atoms with Crippen LogP contribution in [0.15, 0.2) is 63.2 Å². The van der Waals surface area contributed by atoms with Crippen LogP contribution in [0.3, 0.4) is 0 Å². The second kappa shape index (κ2) is 8.78. The van der Waals surface area contributed by atoms with Crippen LogP contribution in [-0.4, -0.2) is 61.6 Å². The lowest BCUT2D eigenvalue weighted by atomic mass is 10.1. The van der Waals surface area contributed by atoms with Gasteiger partial charge in [0.05, 0.1) is 35.8 Å². The Bertz CT molecular complexity index is 969. The number of benzene rings is 1. The van der Waals surface area contributed by atoms with Crippen molar-refractivity contribution in [3.05, 3.63) is 64.2 Å². The number of nitro benzene ring substituents is 1. The molecular weight excluding hydrogens is 386 g/mol. The maximum atomic E-state index is 12.2. The van der Waals surface area contributed by atoms with E-state index in [0.717, 1.165) is 0 Å². The van der Waals surface area contributed by atoms with E-state index in [1.807, 2.05) is 0 Å². The van der Waals surface area contributed by atoms with Gasteiger partial charge in [-0.1, -0.05) is 0 Å². The molecule has 0 N–H and O–H groups in total. The van der Waals surface area contributed by atoms with Crippen LogP contribution >= 0.6 is 0 Å². The Morgan fingerprint density at radius 3 is 2.25 bits per heavy atom. The Morgan fingerprint density at radius 1 is 1.04 bits per heavy atom. The first-order valence-corrected chi connectivity index (χ1v) is 9.73. The lowest BCUT2D eigenvalue weighted by Crippen LogP contribution is -2.39. The minimum Gasteiger partial charge on any atom is -0.379 e. The van der Waals surface area contributed by atoms with E-state index in [9.17, 15) is 18.5 Å². The Hall–Kier alpha value is -3.02. The third-order valence-corrected chi connectivity index (χ3v) is 5.31. The Labute approximate surface area is 161 Å². The zero-order chi connectivity index (χ0) is 20.0. The maximum absolute atomic E-state index is 12.2. The lowest BCUT2D eigenvalue weighted by molar-refractivity contribution is -0.384. The number of nitrogens with zero attached hydrogens (tertiary/aromatic N) is 5. The van der Waals surface area contributed by atoms with E-state index in [1.54, 1.807) is 24.3 Å². The predicted octanol–water partition coefficient (Wildman–Crippen LogP) is 1.51. The second-order valence-electron chi connectivity index (χ2n) is 5.79. The molecule has 0 spiro atoms. The molecule has 10 nitrogen and oxygen atoms in total. The van der Waals surface area contributed by atoms with Gasteiger partial charge in [0, 0.05) is 25.2 Å². The summed E-state index contributed by atoms with van der Waals surface area (Å²) in [4.78, 5) is 10.1.